The highest BCUT2D eigenvalue weighted by atomic mass is 16.6. The van der Waals surface area contributed by atoms with Gasteiger partial charge in [0.1, 0.15) is 12.1 Å². The maximum Gasteiger partial charge on any atom is 0.411 e. The molecule has 1 fully saturated rings. The van der Waals surface area contributed by atoms with E-state index in [2.05, 4.69) is 24.3 Å². The van der Waals surface area contributed by atoms with Crippen LogP contribution in [0.25, 0.3) is 11.1 Å². The number of benzene rings is 3. The standard InChI is InChI=1S/C27H25NO4/c29-25(30)27(15-8-16-27)28(17-19-9-2-1-3-10-19)26(31)32-18-24-22-13-6-4-11-20(22)21-12-5-7-14-23(21)24/h1-7,9-14,24H,8,15-18H2,(H,29,30). The van der Waals surface area contributed by atoms with Gasteiger partial charge in [0.05, 0.1) is 6.54 Å². The van der Waals surface area contributed by atoms with E-state index in [9.17, 15) is 14.7 Å². The van der Waals surface area contributed by atoms with Crippen LogP contribution in [0.1, 0.15) is 41.9 Å². The summed E-state index contributed by atoms with van der Waals surface area (Å²) in [6, 6.07) is 25.8. The molecule has 0 spiro atoms. The normalized spacial score (nSPS) is 15.9. The molecule has 5 rings (SSSR count). The third-order valence-electron chi connectivity index (χ3n) is 6.84. The Balaban J connectivity index is 1.40. The minimum absolute atomic E-state index is 0.0629. The first-order valence-corrected chi connectivity index (χ1v) is 11.0. The zero-order chi connectivity index (χ0) is 22.1. The molecule has 0 saturated heterocycles. The van der Waals surface area contributed by atoms with Crippen molar-refractivity contribution in [2.75, 3.05) is 6.61 Å². The Kier molecular flexibility index (Phi) is 5.17. The summed E-state index contributed by atoms with van der Waals surface area (Å²) in [5.41, 5.74) is 4.27. The molecule has 0 aromatic heterocycles. The molecule has 3 aromatic carbocycles. The van der Waals surface area contributed by atoms with Gasteiger partial charge in [-0.2, -0.15) is 0 Å². The van der Waals surface area contributed by atoms with E-state index in [-0.39, 0.29) is 19.1 Å². The third-order valence-corrected chi connectivity index (χ3v) is 6.84. The average molecular weight is 428 g/mol. The van der Waals surface area contributed by atoms with Crippen molar-refractivity contribution in [2.24, 2.45) is 0 Å². The summed E-state index contributed by atoms with van der Waals surface area (Å²) >= 11 is 0. The summed E-state index contributed by atoms with van der Waals surface area (Å²) in [4.78, 5) is 26.9. The summed E-state index contributed by atoms with van der Waals surface area (Å²) in [5, 5.41) is 9.97. The predicted molar refractivity (Wildman–Crippen MR) is 121 cm³/mol. The fourth-order valence-corrected chi connectivity index (χ4v) is 4.94. The Labute approximate surface area is 187 Å². The van der Waals surface area contributed by atoms with Gasteiger partial charge in [-0.25, -0.2) is 9.59 Å². The number of ether oxygens (including phenoxy) is 1. The smallest absolute Gasteiger partial charge is 0.411 e. The lowest BCUT2D eigenvalue weighted by molar-refractivity contribution is -0.157. The first-order valence-electron chi connectivity index (χ1n) is 11.0. The number of carboxylic acids is 1. The predicted octanol–water partition coefficient (Wildman–Crippen LogP) is 5.45. The second-order valence-electron chi connectivity index (χ2n) is 8.57. The molecular weight excluding hydrogens is 402 g/mol. The summed E-state index contributed by atoms with van der Waals surface area (Å²) < 4.78 is 5.83. The van der Waals surface area contributed by atoms with Crippen LogP contribution in [0.3, 0.4) is 0 Å². The lowest BCUT2D eigenvalue weighted by Gasteiger charge is -2.46. The van der Waals surface area contributed by atoms with Crippen LogP contribution in [-0.2, 0) is 16.1 Å². The zero-order valence-corrected chi connectivity index (χ0v) is 17.7. The van der Waals surface area contributed by atoms with E-state index < -0.39 is 17.6 Å². The maximum atomic E-state index is 13.3. The molecule has 0 atom stereocenters. The largest absolute Gasteiger partial charge is 0.479 e. The second-order valence-corrected chi connectivity index (χ2v) is 8.57. The van der Waals surface area contributed by atoms with Crippen LogP contribution in [-0.4, -0.2) is 34.2 Å². The van der Waals surface area contributed by atoms with Crippen LogP contribution >= 0.6 is 0 Å². The van der Waals surface area contributed by atoms with E-state index in [1.54, 1.807) is 0 Å². The minimum Gasteiger partial charge on any atom is -0.479 e. The van der Waals surface area contributed by atoms with Gasteiger partial charge in [0.15, 0.2) is 0 Å². The highest BCUT2D eigenvalue weighted by molar-refractivity contribution is 5.85. The van der Waals surface area contributed by atoms with Crippen molar-refractivity contribution >= 4 is 12.1 Å². The topological polar surface area (TPSA) is 66.8 Å². The number of rotatable bonds is 6. The van der Waals surface area contributed by atoms with E-state index in [1.807, 2.05) is 54.6 Å². The van der Waals surface area contributed by atoms with Crippen LogP contribution in [0.5, 0.6) is 0 Å². The molecule has 2 aliphatic rings. The van der Waals surface area contributed by atoms with Crippen LogP contribution in [0.15, 0.2) is 78.9 Å². The molecule has 5 nitrogen and oxygen atoms in total. The van der Waals surface area contributed by atoms with Crippen molar-refractivity contribution < 1.29 is 19.4 Å². The van der Waals surface area contributed by atoms with Crippen molar-refractivity contribution in [3.63, 3.8) is 0 Å². The third kappa shape index (κ3) is 3.34. The summed E-state index contributed by atoms with van der Waals surface area (Å²) in [6.45, 7) is 0.387. The molecule has 0 unspecified atom stereocenters. The first-order chi connectivity index (χ1) is 15.6. The van der Waals surface area contributed by atoms with E-state index in [0.29, 0.717) is 12.8 Å². The van der Waals surface area contributed by atoms with Crippen LogP contribution in [0, 0.1) is 0 Å². The minimum atomic E-state index is -1.20. The highest BCUT2D eigenvalue weighted by Crippen LogP contribution is 2.45. The number of hydrogen-bond acceptors (Lipinski definition) is 3. The van der Waals surface area contributed by atoms with Gasteiger partial charge in [0.2, 0.25) is 0 Å². The van der Waals surface area contributed by atoms with E-state index in [4.69, 9.17) is 4.74 Å². The first kappa shape index (κ1) is 20.3. The highest BCUT2D eigenvalue weighted by Gasteiger charge is 2.52. The molecular formula is C27H25NO4. The Morgan fingerprint density at radius 3 is 1.97 bits per heavy atom. The summed E-state index contributed by atoms with van der Waals surface area (Å²) in [6.07, 6.45) is 1.10. The Morgan fingerprint density at radius 2 is 1.44 bits per heavy atom. The molecule has 32 heavy (non-hydrogen) atoms. The van der Waals surface area contributed by atoms with Crippen molar-refractivity contribution in [3.8, 4) is 11.1 Å². The van der Waals surface area contributed by atoms with Gasteiger partial charge in [0.25, 0.3) is 0 Å². The van der Waals surface area contributed by atoms with Gasteiger partial charge >= 0.3 is 12.1 Å². The van der Waals surface area contributed by atoms with E-state index in [1.165, 1.54) is 4.90 Å². The molecule has 2 aliphatic carbocycles. The van der Waals surface area contributed by atoms with Gasteiger partial charge in [-0.3, -0.25) is 4.90 Å². The molecule has 0 aliphatic heterocycles. The van der Waals surface area contributed by atoms with Crippen molar-refractivity contribution in [2.45, 2.75) is 37.3 Å². The van der Waals surface area contributed by atoms with Gasteiger partial charge in [-0.15, -0.1) is 0 Å². The molecule has 162 valence electrons. The van der Waals surface area contributed by atoms with Crippen LogP contribution < -0.4 is 0 Å². The maximum absolute atomic E-state index is 13.3. The lowest BCUT2D eigenvalue weighted by Crippen LogP contribution is -2.61. The van der Waals surface area contributed by atoms with Crippen molar-refractivity contribution in [3.05, 3.63) is 95.6 Å². The lowest BCUT2D eigenvalue weighted by atomic mass is 9.75. The van der Waals surface area contributed by atoms with Gasteiger partial charge in [0, 0.05) is 5.92 Å². The number of hydrogen-bond donors (Lipinski definition) is 1. The van der Waals surface area contributed by atoms with Crippen molar-refractivity contribution in [1.82, 2.24) is 4.90 Å². The number of carbonyl (C=O) groups is 2. The summed E-state index contributed by atoms with van der Waals surface area (Å²) in [7, 11) is 0. The molecule has 1 amide bonds. The van der Waals surface area contributed by atoms with Gasteiger partial charge < -0.3 is 9.84 Å². The fourth-order valence-electron chi connectivity index (χ4n) is 4.94. The zero-order valence-electron chi connectivity index (χ0n) is 17.7. The Morgan fingerprint density at radius 1 is 0.875 bits per heavy atom. The number of nitrogens with zero attached hydrogens (tertiary/aromatic N) is 1. The molecule has 0 bridgehead atoms. The van der Waals surface area contributed by atoms with Crippen LogP contribution in [0.2, 0.25) is 0 Å². The van der Waals surface area contributed by atoms with Crippen molar-refractivity contribution in [1.29, 1.82) is 0 Å². The molecule has 1 N–H and O–H groups in total. The average Bonchev–Trinajstić information content (AvgIpc) is 3.10. The number of aliphatic carboxylic acids is 1. The van der Waals surface area contributed by atoms with E-state index >= 15 is 0 Å². The number of carbonyl (C=O) groups excluding carboxylic acids is 1. The molecule has 0 heterocycles. The molecule has 3 aromatic rings. The molecule has 1 saturated carbocycles. The summed E-state index contributed by atoms with van der Waals surface area (Å²) in [5.74, 6) is -1.03. The van der Waals surface area contributed by atoms with Crippen LogP contribution in [0.4, 0.5) is 4.79 Å². The Hall–Kier alpha value is -3.60. The quantitative estimate of drug-likeness (QED) is 0.568. The van der Waals surface area contributed by atoms with Gasteiger partial charge in [-0.05, 0) is 47.1 Å². The second kappa shape index (κ2) is 8.15. The monoisotopic (exact) mass is 427 g/mol. The Bertz CT molecular complexity index is 1110. The fraction of sp³-hybridized carbons (Fsp3) is 0.259. The SMILES string of the molecule is O=C(OCC1c2ccccc2-c2ccccc21)N(Cc1ccccc1)C1(C(=O)O)CCC1. The number of carboxylic acid groups (broad SMARTS) is 1. The van der Waals surface area contributed by atoms with Gasteiger partial charge in [-0.1, -0.05) is 78.9 Å². The van der Waals surface area contributed by atoms with E-state index in [0.717, 1.165) is 34.2 Å². The number of fused-ring (bicyclic) bond motifs is 3. The number of amides is 1. The molecule has 5 heteroatoms. The molecule has 0 radical (unpaired) electrons.